The molecule has 2 unspecified atom stereocenters. The summed E-state index contributed by atoms with van der Waals surface area (Å²) in [4.78, 5) is 38.2. The highest BCUT2D eigenvalue weighted by Crippen LogP contribution is 2.23. The van der Waals surface area contributed by atoms with Crippen LogP contribution in [0.1, 0.15) is 35.7 Å². The first kappa shape index (κ1) is 21.8. The molecule has 0 radical (unpaired) electrons. The molecule has 8 nitrogen and oxygen atoms in total. The molecular formula is C21H27N5O3S. The Kier molecular flexibility index (Phi) is 7.42. The van der Waals surface area contributed by atoms with E-state index in [4.69, 9.17) is 11.5 Å². The normalized spacial score (nSPS) is 17.8. The molecule has 2 heterocycles. The van der Waals surface area contributed by atoms with Crippen LogP contribution in [0.2, 0.25) is 0 Å². The lowest BCUT2D eigenvalue weighted by atomic mass is 9.97. The zero-order valence-electron chi connectivity index (χ0n) is 16.7. The van der Waals surface area contributed by atoms with E-state index in [1.807, 2.05) is 41.8 Å². The molecule has 2 aromatic rings. The molecule has 1 aromatic heterocycles. The number of rotatable bonds is 8. The van der Waals surface area contributed by atoms with Crippen molar-refractivity contribution >= 4 is 34.9 Å². The first-order chi connectivity index (χ1) is 14.4. The number of benzene rings is 1. The van der Waals surface area contributed by atoms with Gasteiger partial charge in [0.05, 0.1) is 18.4 Å². The summed E-state index contributed by atoms with van der Waals surface area (Å²) >= 11 is 1.46. The van der Waals surface area contributed by atoms with E-state index in [0.29, 0.717) is 12.2 Å². The zero-order chi connectivity index (χ0) is 21.5. The third-order valence-electron chi connectivity index (χ3n) is 5.14. The number of carbonyl (C=O) groups is 3. The molecule has 6 N–H and O–H groups in total. The van der Waals surface area contributed by atoms with Crippen molar-refractivity contribution in [3.63, 3.8) is 0 Å². The molecule has 9 heteroatoms. The van der Waals surface area contributed by atoms with Gasteiger partial charge in [0.2, 0.25) is 11.8 Å². The number of hydrogen-bond acceptors (Lipinski definition) is 5. The number of anilines is 1. The lowest BCUT2D eigenvalue weighted by molar-refractivity contribution is -0.123. The van der Waals surface area contributed by atoms with Crippen LogP contribution in [0.5, 0.6) is 0 Å². The summed E-state index contributed by atoms with van der Waals surface area (Å²) in [7, 11) is 0. The highest BCUT2D eigenvalue weighted by molar-refractivity contribution is 7.10. The van der Waals surface area contributed by atoms with Gasteiger partial charge < -0.3 is 22.1 Å². The van der Waals surface area contributed by atoms with Crippen molar-refractivity contribution < 1.29 is 14.4 Å². The topological polar surface area (TPSA) is 131 Å². The molecule has 1 aliphatic rings. The van der Waals surface area contributed by atoms with Gasteiger partial charge in [-0.25, -0.2) is 4.79 Å². The van der Waals surface area contributed by atoms with Gasteiger partial charge in [-0.3, -0.25) is 14.5 Å². The minimum atomic E-state index is -0.665. The Morgan fingerprint density at radius 3 is 2.57 bits per heavy atom. The van der Waals surface area contributed by atoms with E-state index in [1.54, 1.807) is 0 Å². The maximum Gasteiger partial charge on any atom is 0.312 e. The second-order valence-corrected chi connectivity index (χ2v) is 8.48. The van der Waals surface area contributed by atoms with Gasteiger partial charge in [0.1, 0.15) is 0 Å². The van der Waals surface area contributed by atoms with E-state index in [1.165, 1.54) is 11.3 Å². The Labute approximate surface area is 179 Å². The Morgan fingerprint density at radius 1 is 1.17 bits per heavy atom. The zero-order valence-corrected chi connectivity index (χ0v) is 17.5. The fourth-order valence-electron chi connectivity index (χ4n) is 3.66. The highest BCUT2D eigenvalue weighted by atomic mass is 32.1. The summed E-state index contributed by atoms with van der Waals surface area (Å²) in [5.74, 6) is -0.526. The lowest BCUT2D eigenvalue weighted by Gasteiger charge is -2.31. The number of nitrogens with two attached hydrogens (primary N) is 2. The minimum absolute atomic E-state index is 0.0809. The van der Waals surface area contributed by atoms with Gasteiger partial charge in [0, 0.05) is 23.7 Å². The number of likely N-dealkylation sites (tertiary alicyclic amines) is 1. The van der Waals surface area contributed by atoms with Crippen molar-refractivity contribution in [2.45, 2.75) is 31.8 Å². The first-order valence-corrected chi connectivity index (χ1v) is 10.8. The molecule has 3 rings (SSSR count). The van der Waals surface area contributed by atoms with Gasteiger partial charge in [0.25, 0.3) is 0 Å². The Hall–Kier alpha value is -2.91. The van der Waals surface area contributed by atoms with Gasteiger partial charge in [-0.1, -0.05) is 18.2 Å². The maximum atomic E-state index is 12.5. The molecule has 4 amide bonds. The fourth-order valence-corrected chi connectivity index (χ4v) is 4.44. The van der Waals surface area contributed by atoms with Gasteiger partial charge in [0.15, 0.2) is 0 Å². The Bertz CT molecular complexity index is 869. The average Bonchev–Trinajstić information content (AvgIpc) is 3.24. The predicted octanol–water partition coefficient (Wildman–Crippen LogP) is 2.18. The summed E-state index contributed by atoms with van der Waals surface area (Å²) in [5, 5.41) is 7.36. The van der Waals surface area contributed by atoms with E-state index in [2.05, 4.69) is 15.5 Å². The van der Waals surface area contributed by atoms with Crippen LogP contribution in [0.3, 0.4) is 0 Å². The number of hydrogen-bond donors (Lipinski definition) is 4. The van der Waals surface area contributed by atoms with E-state index in [0.717, 1.165) is 36.4 Å². The van der Waals surface area contributed by atoms with Crippen LogP contribution in [0.25, 0.3) is 0 Å². The standard InChI is InChI=1S/C21H27N5O3S/c22-20(28)15-3-1-9-26(13-15)12-14-5-7-16(8-6-14)24-19(27)11-17(25-21(23)29)18-4-2-10-30-18/h2,4-8,10,15,17H,1,3,9,11-13H2,(H2,22,28)(H,24,27)(H3,23,25,29). The smallest absolute Gasteiger partial charge is 0.312 e. The van der Waals surface area contributed by atoms with Crippen molar-refractivity contribution in [3.05, 3.63) is 52.2 Å². The second-order valence-electron chi connectivity index (χ2n) is 7.50. The van der Waals surface area contributed by atoms with Crippen LogP contribution in [0, 0.1) is 5.92 Å². The molecule has 1 fully saturated rings. The SMILES string of the molecule is NC(=O)NC(CC(=O)Nc1ccc(CN2CCCC(C(N)=O)C2)cc1)c1cccs1. The average molecular weight is 430 g/mol. The third kappa shape index (κ3) is 6.30. The number of primary amides is 2. The Balaban J connectivity index is 1.54. The monoisotopic (exact) mass is 429 g/mol. The maximum absolute atomic E-state index is 12.5. The molecule has 1 saturated heterocycles. The number of thiophene rings is 1. The van der Waals surface area contributed by atoms with Crippen molar-refractivity contribution in [3.8, 4) is 0 Å². The summed E-state index contributed by atoms with van der Waals surface area (Å²) < 4.78 is 0. The molecule has 1 aromatic carbocycles. The number of nitrogens with one attached hydrogen (secondary N) is 2. The van der Waals surface area contributed by atoms with Crippen LogP contribution < -0.4 is 22.1 Å². The quantitative estimate of drug-likeness (QED) is 0.512. The van der Waals surface area contributed by atoms with Crippen LogP contribution in [-0.2, 0) is 16.1 Å². The molecule has 2 atom stereocenters. The summed E-state index contributed by atoms with van der Waals surface area (Å²) in [5.41, 5.74) is 12.5. The number of piperidine rings is 1. The number of urea groups is 1. The highest BCUT2D eigenvalue weighted by Gasteiger charge is 2.24. The van der Waals surface area contributed by atoms with E-state index < -0.39 is 12.1 Å². The molecule has 30 heavy (non-hydrogen) atoms. The first-order valence-electron chi connectivity index (χ1n) is 9.90. The van der Waals surface area contributed by atoms with Crippen molar-refractivity contribution in [1.29, 1.82) is 0 Å². The third-order valence-corrected chi connectivity index (χ3v) is 6.13. The largest absolute Gasteiger partial charge is 0.369 e. The van der Waals surface area contributed by atoms with Gasteiger partial charge in [-0.2, -0.15) is 0 Å². The van der Waals surface area contributed by atoms with Crippen LogP contribution >= 0.6 is 11.3 Å². The predicted molar refractivity (Wildman–Crippen MR) is 117 cm³/mol. The van der Waals surface area contributed by atoms with Crippen molar-refractivity contribution in [2.24, 2.45) is 17.4 Å². The van der Waals surface area contributed by atoms with Gasteiger partial charge >= 0.3 is 6.03 Å². The molecular weight excluding hydrogens is 402 g/mol. The number of amides is 4. The lowest BCUT2D eigenvalue weighted by Crippen LogP contribution is -2.40. The minimum Gasteiger partial charge on any atom is -0.369 e. The van der Waals surface area contributed by atoms with E-state index in [-0.39, 0.29) is 24.2 Å². The number of carbonyl (C=O) groups excluding carboxylic acids is 3. The van der Waals surface area contributed by atoms with Gasteiger partial charge in [-0.05, 0) is 48.5 Å². The van der Waals surface area contributed by atoms with Crippen LogP contribution in [-0.4, -0.2) is 35.8 Å². The van der Waals surface area contributed by atoms with Crippen LogP contribution in [0.15, 0.2) is 41.8 Å². The summed E-state index contributed by atoms with van der Waals surface area (Å²) in [6.07, 6.45) is 1.91. The second kappa shape index (κ2) is 10.2. The molecule has 0 saturated carbocycles. The summed E-state index contributed by atoms with van der Waals surface area (Å²) in [6.45, 7) is 2.37. The molecule has 0 spiro atoms. The molecule has 0 aliphatic carbocycles. The van der Waals surface area contributed by atoms with Gasteiger partial charge in [-0.15, -0.1) is 11.3 Å². The number of nitrogens with zero attached hydrogens (tertiary/aromatic N) is 1. The van der Waals surface area contributed by atoms with E-state index in [9.17, 15) is 14.4 Å². The Morgan fingerprint density at radius 2 is 1.93 bits per heavy atom. The molecule has 0 bridgehead atoms. The van der Waals surface area contributed by atoms with Crippen molar-refractivity contribution in [1.82, 2.24) is 10.2 Å². The summed E-state index contributed by atoms with van der Waals surface area (Å²) in [6, 6.07) is 10.2. The fraction of sp³-hybridized carbons (Fsp3) is 0.381. The van der Waals surface area contributed by atoms with Crippen LogP contribution in [0.4, 0.5) is 10.5 Å². The van der Waals surface area contributed by atoms with Crippen molar-refractivity contribution in [2.75, 3.05) is 18.4 Å². The van der Waals surface area contributed by atoms with E-state index >= 15 is 0 Å². The molecule has 1 aliphatic heterocycles. The molecule has 160 valence electrons.